The molecule has 92 valence electrons. The molecule has 0 aromatic carbocycles. The third-order valence-corrected chi connectivity index (χ3v) is 1.49. The third-order valence-electron chi connectivity index (χ3n) is 1.49. The third kappa shape index (κ3) is 6.87. The van der Waals surface area contributed by atoms with Crippen molar-refractivity contribution >= 4 is 5.70 Å². The molecular weight excluding hydrogens is 198 g/mol. The molecule has 16 heavy (non-hydrogen) atoms. The summed E-state index contributed by atoms with van der Waals surface area (Å²) >= 11 is 0. The molecule has 0 atom stereocenters. The van der Waals surface area contributed by atoms with Crippen LogP contribution in [0.2, 0.25) is 0 Å². The van der Waals surface area contributed by atoms with E-state index in [-0.39, 0.29) is 0 Å². The van der Waals surface area contributed by atoms with Crippen LogP contribution in [0.5, 0.6) is 0 Å². The topological polar surface area (TPSA) is 40.7 Å². The molecule has 1 rings (SSSR count). The molecule has 0 fully saturated rings. The molecule has 3 heteroatoms. The molecule has 3 nitrogen and oxygen atoms in total. The Kier molecular flexibility index (Phi) is 10.6. The summed E-state index contributed by atoms with van der Waals surface area (Å²) in [5.41, 5.74) is 1.85. The first-order chi connectivity index (χ1) is 7.59. The van der Waals surface area contributed by atoms with Crippen LogP contribution in [-0.2, 0) is 0 Å². The molecular formula is C13H25N3. The van der Waals surface area contributed by atoms with E-state index < -0.39 is 0 Å². The number of hydrogen-bond acceptors (Lipinski definition) is 2. The number of H-pyrrole nitrogens is 1. The Hall–Kier alpha value is -1.51. The fourth-order valence-corrected chi connectivity index (χ4v) is 1.00. The van der Waals surface area contributed by atoms with Gasteiger partial charge in [-0.15, -0.1) is 13.2 Å². The summed E-state index contributed by atoms with van der Waals surface area (Å²) in [6.45, 7) is 20.0. The van der Waals surface area contributed by atoms with E-state index in [9.17, 15) is 0 Å². The molecule has 1 aromatic rings. The van der Waals surface area contributed by atoms with Crippen LogP contribution in [0.15, 0.2) is 25.9 Å². The first-order valence-corrected chi connectivity index (χ1v) is 5.57. The highest BCUT2D eigenvalue weighted by molar-refractivity contribution is 5.57. The van der Waals surface area contributed by atoms with Crippen LogP contribution in [0.3, 0.4) is 0 Å². The normalized spacial score (nSPS) is 8.38. The average molecular weight is 223 g/mol. The largest absolute Gasteiger partial charge is 0.382 e. The number of nitrogens with zero attached hydrogens (tertiary/aromatic N) is 1. The van der Waals surface area contributed by atoms with Crippen molar-refractivity contribution < 1.29 is 0 Å². The van der Waals surface area contributed by atoms with E-state index in [1.807, 2.05) is 20.8 Å². The first kappa shape index (κ1) is 16.9. The molecule has 1 heterocycles. The van der Waals surface area contributed by atoms with Gasteiger partial charge in [-0.3, -0.25) is 0 Å². The smallest absolute Gasteiger partial charge is 0.103 e. The van der Waals surface area contributed by atoms with Crippen LogP contribution in [-0.4, -0.2) is 16.0 Å². The second kappa shape index (κ2) is 10.0. The summed E-state index contributed by atoms with van der Waals surface area (Å²) in [4.78, 5) is 7.20. The zero-order valence-corrected chi connectivity index (χ0v) is 11.2. The highest BCUT2D eigenvalue weighted by Gasteiger charge is 2.01. The van der Waals surface area contributed by atoms with Gasteiger partial charge < -0.3 is 10.3 Å². The summed E-state index contributed by atoms with van der Waals surface area (Å²) in [5.74, 6) is 0.914. The van der Waals surface area contributed by atoms with E-state index >= 15 is 0 Å². The Labute approximate surface area is 99.7 Å². The maximum atomic E-state index is 4.09. The lowest BCUT2D eigenvalue weighted by atomic mass is 10.3. The number of aromatic amines is 1. The van der Waals surface area contributed by atoms with E-state index in [2.05, 4.69) is 48.9 Å². The quantitative estimate of drug-likeness (QED) is 0.770. The van der Waals surface area contributed by atoms with Crippen LogP contribution in [0.1, 0.15) is 39.2 Å². The van der Waals surface area contributed by atoms with Crippen molar-refractivity contribution in [3.8, 4) is 0 Å². The van der Waals surface area contributed by atoms with Crippen molar-refractivity contribution in [2.24, 2.45) is 0 Å². The fraction of sp³-hybridized carbons (Fsp3) is 0.462. The number of aromatic nitrogens is 2. The highest BCUT2D eigenvalue weighted by atomic mass is 15.0. The molecule has 0 aliphatic rings. The molecule has 0 radical (unpaired) electrons. The predicted octanol–water partition coefficient (Wildman–Crippen LogP) is 3.52. The molecule has 2 N–H and O–H groups in total. The summed E-state index contributed by atoms with van der Waals surface area (Å²) in [7, 11) is 0. The maximum absolute atomic E-state index is 4.09. The minimum Gasteiger partial charge on any atom is -0.382 e. The molecule has 0 aliphatic heterocycles. The second-order valence-electron chi connectivity index (χ2n) is 3.16. The molecule has 0 amide bonds. The van der Waals surface area contributed by atoms with Gasteiger partial charge >= 0.3 is 0 Å². The Morgan fingerprint density at radius 3 is 2.19 bits per heavy atom. The molecule has 0 unspecified atom stereocenters. The minimum atomic E-state index is 0.404. The van der Waals surface area contributed by atoms with Crippen molar-refractivity contribution in [2.75, 3.05) is 0 Å². The Bertz CT molecular complexity index is 287. The van der Waals surface area contributed by atoms with Crippen LogP contribution < -0.4 is 5.32 Å². The van der Waals surface area contributed by atoms with E-state index in [0.29, 0.717) is 6.04 Å². The van der Waals surface area contributed by atoms with Crippen LogP contribution >= 0.6 is 0 Å². The molecule has 0 saturated heterocycles. The van der Waals surface area contributed by atoms with Gasteiger partial charge in [-0.2, -0.15) is 0 Å². The van der Waals surface area contributed by atoms with E-state index in [0.717, 1.165) is 17.2 Å². The number of rotatable bonds is 3. The number of imidazole rings is 1. The SMILES string of the molecule is C=C.C=C(NC(C)C)c1cnc(C)[nH]1.CC. The maximum Gasteiger partial charge on any atom is 0.103 e. The van der Waals surface area contributed by atoms with Gasteiger partial charge in [0, 0.05) is 6.04 Å². The Balaban J connectivity index is 0. The zero-order valence-electron chi connectivity index (χ0n) is 11.2. The number of aryl methyl sites for hydroxylation is 1. The van der Waals surface area contributed by atoms with Gasteiger partial charge in [-0.1, -0.05) is 20.4 Å². The fourth-order valence-electron chi connectivity index (χ4n) is 1.00. The Morgan fingerprint density at radius 1 is 1.38 bits per heavy atom. The van der Waals surface area contributed by atoms with Crippen LogP contribution in [0.25, 0.3) is 5.70 Å². The Morgan fingerprint density at radius 2 is 1.88 bits per heavy atom. The lowest BCUT2D eigenvalue weighted by Crippen LogP contribution is -2.20. The van der Waals surface area contributed by atoms with Crippen molar-refractivity contribution in [1.82, 2.24) is 15.3 Å². The molecule has 0 bridgehead atoms. The second-order valence-corrected chi connectivity index (χ2v) is 3.16. The minimum absolute atomic E-state index is 0.404. The van der Waals surface area contributed by atoms with Gasteiger partial charge in [0.05, 0.1) is 17.6 Å². The van der Waals surface area contributed by atoms with Gasteiger partial charge in [-0.25, -0.2) is 4.98 Å². The number of hydrogen-bond donors (Lipinski definition) is 2. The standard InChI is InChI=1S/C9H15N3.C2H6.C2H4/c1-6(2)11-7(3)9-5-10-8(4)12-9;2*1-2/h5-6,11H,3H2,1-2,4H3,(H,10,12);1-2H3;1-2H2. The molecule has 0 aliphatic carbocycles. The summed E-state index contributed by atoms with van der Waals surface area (Å²) in [5, 5.41) is 3.21. The summed E-state index contributed by atoms with van der Waals surface area (Å²) < 4.78 is 0. The van der Waals surface area contributed by atoms with Gasteiger partial charge in [0.2, 0.25) is 0 Å². The summed E-state index contributed by atoms with van der Waals surface area (Å²) in [6.07, 6.45) is 1.78. The zero-order chi connectivity index (χ0) is 13.1. The van der Waals surface area contributed by atoms with Crippen molar-refractivity contribution in [3.63, 3.8) is 0 Å². The first-order valence-electron chi connectivity index (χ1n) is 5.57. The summed E-state index contributed by atoms with van der Waals surface area (Å²) in [6, 6.07) is 0.404. The molecule has 1 aromatic heterocycles. The van der Waals surface area contributed by atoms with Crippen molar-refractivity contribution in [2.45, 2.75) is 40.7 Å². The van der Waals surface area contributed by atoms with E-state index in [1.165, 1.54) is 0 Å². The predicted molar refractivity (Wildman–Crippen MR) is 73.2 cm³/mol. The average Bonchev–Trinajstić information content (AvgIpc) is 2.70. The lowest BCUT2D eigenvalue weighted by molar-refractivity contribution is 0.716. The highest BCUT2D eigenvalue weighted by Crippen LogP contribution is 2.06. The lowest BCUT2D eigenvalue weighted by Gasteiger charge is -2.10. The molecule has 0 spiro atoms. The monoisotopic (exact) mass is 223 g/mol. The van der Waals surface area contributed by atoms with E-state index in [1.54, 1.807) is 6.20 Å². The van der Waals surface area contributed by atoms with Crippen molar-refractivity contribution in [3.05, 3.63) is 37.5 Å². The van der Waals surface area contributed by atoms with E-state index in [4.69, 9.17) is 0 Å². The molecule has 0 saturated carbocycles. The van der Waals surface area contributed by atoms with Crippen LogP contribution in [0, 0.1) is 6.92 Å². The van der Waals surface area contributed by atoms with Gasteiger partial charge in [0.15, 0.2) is 0 Å². The van der Waals surface area contributed by atoms with Gasteiger partial charge in [0.1, 0.15) is 5.82 Å². The number of nitrogens with one attached hydrogen (secondary N) is 2. The van der Waals surface area contributed by atoms with Gasteiger partial charge in [0.25, 0.3) is 0 Å². The van der Waals surface area contributed by atoms with Crippen molar-refractivity contribution in [1.29, 1.82) is 0 Å². The van der Waals surface area contributed by atoms with Crippen LogP contribution in [0.4, 0.5) is 0 Å². The van der Waals surface area contributed by atoms with Gasteiger partial charge in [-0.05, 0) is 20.8 Å².